The molecule has 0 unspecified atom stereocenters. The van der Waals surface area contributed by atoms with Crippen LogP contribution in [0, 0.1) is 5.92 Å². The molecule has 0 aromatic carbocycles. The van der Waals surface area contributed by atoms with Crippen molar-refractivity contribution < 1.29 is 14.2 Å². The van der Waals surface area contributed by atoms with E-state index >= 15 is 0 Å². The van der Waals surface area contributed by atoms with Crippen molar-refractivity contribution in [3.63, 3.8) is 0 Å². The zero-order valence-corrected chi connectivity index (χ0v) is 7.82. The molecule has 1 saturated heterocycles. The van der Waals surface area contributed by atoms with Gasteiger partial charge in [-0.1, -0.05) is 6.92 Å². The van der Waals surface area contributed by atoms with E-state index in [0.29, 0.717) is 12.5 Å². The van der Waals surface area contributed by atoms with E-state index in [2.05, 4.69) is 6.92 Å². The molecule has 1 heterocycles. The first-order chi connectivity index (χ1) is 5.70. The van der Waals surface area contributed by atoms with Crippen LogP contribution in [0.2, 0.25) is 0 Å². The number of ether oxygens (including phenoxy) is 3. The van der Waals surface area contributed by atoms with Gasteiger partial charge in [0.25, 0.3) is 0 Å². The third-order valence-corrected chi connectivity index (χ3v) is 2.36. The first-order valence-electron chi connectivity index (χ1n) is 4.13. The zero-order chi connectivity index (χ0) is 9.14. The second-order valence-corrected chi connectivity index (χ2v) is 3.15. The second-order valence-electron chi connectivity index (χ2n) is 3.15. The molecule has 0 spiro atoms. The van der Waals surface area contributed by atoms with Crippen molar-refractivity contribution in [3.05, 3.63) is 0 Å². The van der Waals surface area contributed by atoms with Crippen molar-refractivity contribution in [2.75, 3.05) is 20.8 Å². The molecule has 1 rings (SSSR count). The average Bonchev–Trinajstić information content (AvgIpc) is 2.29. The van der Waals surface area contributed by atoms with Gasteiger partial charge in [-0.25, -0.2) is 0 Å². The molecule has 0 aromatic heterocycles. The largest absolute Gasteiger partial charge is 0.382 e. The molecule has 4 heteroatoms. The van der Waals surface area contributed by atoms with E-state index < -0.39 is 0 Å². The van der Waals surface area contributed by atoms with E-state index in [1.807, 2.05) is 0 Å². The van der Waals surface area contributed by atoms with Crippen LogP contribution in [0.1, 0.15) is 6.92 Å². The molecule has 0 bridgehead atoms. The van der Waals surface area contributed by atoms with Crippen molar-refractivity contribution in [3.8, 4) is 0 Å². The van der Waals surface area contributed by atoms with E-state index in [0.717, 1.165) is 0 Å². The Morgan fingerprint density at radius 2 is 2.08 bits per heavy atom. The van der Waals surface area contributed by atoms with E-state index in [9.17, 15) is 0 Å². The SMILES string of the molecule is [B][C@@H]1O[C@H](COC)[C@H](C)[C@H]1OC. The maximum absolute atomic E-state index is 5.70. The smallest absolute Gasteiger partial charge is 0.112 e. The Balaban J connectivity index is 2.49. The molecule has 1 aliphatic heterocycles. The molecule has 1 aliphatic rings. The molecule has 68 valence electrons. The topological polar surface area (TPSA) is 27.7 Å². The summed E-state index contributed by atoms with van der Waals surface area (Å²) in [7, 11) is 9.00. The minimum atomic E-state index is -0.315. The maximum Gasteiger partial charge on any atom is 0.112 e. The molecule has 4 atom stereocenters. The van der Waals surface area contributed by atoms with Crippen LogP contribution in [0.25, 0.3) is 0 Å². The third kappa shape index (κ3) is 1.81. The van der Waals surface area contributed by atoms with Crippen LogP contribution < -0.4 is 0 Å². The summed E-state index contributed by atoms with van der Waals surface area (Å²) >= 11 is 0. The lowest BCUT2D eigenvalue weighted by Crippen LogP contribution is -2.28. The first-order valence-corrected chi connectivity index (χ1v) is 4.13. The average molecular weight is 170 g/mol. The van der Waals surface area contributed by atoms with Gasteiger partial charge in [-0.05, 0) is 0 Å². The Hall–Kier alpha value is -0.0551. The van der Waals surface area contributed by atoms with Crippen LogP contribution in [0.5, 0.6) is 0 Å². The lowest BCUT2D eigenvalue weighted by molar-refractivity contribution is 0.00776. The number of methoxy groups -OCH3 is 2. The monoisotopic (exact) mass is 170 g/mol. The summed E-state index contributed by atoms with van der Waals surface area (Å²) in [5.74, 6) is 0.296. The van der Waals surface area contributed by atoms with E-state index in [4.69, 9.17) is 22.1 Å². The Labute approximate surface area is 74.8 Å². The highest BCUT2D eigenvalue weighted by atomic mass is 16.6. The van der Waals surface area contributed by atoms with Crippen molar-refractivity contribution in [1.29, 1.82) is 0 Å². The van der Waals surface area contributed by atoms with Crippen LogP contribution in [-0.2, 0) is 14.2 Å². The quantitative estimate of drug-likeness (QED) is 0.565. The standard InChI is InChI=1S/C8H15BO3/c1-5-6(4-10-2)12-8(9)7(5)11-3/h5-8H,4H2,1-3H3/t5-,6+,7+,8+/m0/s1. The molecule has 2 radical (unpaired) electrons. The van der Waals surface area contributed by atoms with Gasteiger partial charge in [0.05, 0.1) is 18.8 Å². The summed E-state index contributed by atoms with van der Waals surface area (Å²) in [6.07, 6.45) is 0.0556. The predicted molar refractivity (Wildman–Crippen MR) is 46.3 cm³/mol. The molecule has 0 aromatic rings. The van der Waals surface area contributed by atoms with Gasteiger partial charge >= 0.3 is 0 Å². The van der Waals surface area contributed by atoms with Crippen molar-refractivity contribution in [2.45, 2.75) is 25.1 Å². The predicted octanol–water partition coefficient (Wildman–Crippen LogP) is 0.177. The fourth-order valence-corrected chi connectivity index (χ4v) is 1.62. The minimum absolute atomic E-state index is 0.00912. The van der Waals surface area contributed by atoms with E-state index in [-0.39, 0.29) is 18.2 Å². The first kappa shape index (κ1) is 10.0. The molecule has 0 saturated carbocycles. The summed E-state index contributed by atoms with van der Waals surface area (Å²) in [5, 5.41) is 0. The van der Waals surface area contributed by atoms with Crippen LogP contribution in [-0.4, -0.2) is 46.9 Å². The van der Waals surface area contributed by atoms with Crippen molar-refractivity contribution in [2.24, 2.45) is 5.92 Å². The number of hydrogen-bond donors (Lipinski definition) is 0. The highest BCUT2D eigenvalue weighted by Gasteiger charge is 2.38. The van der Waals surface area contributed by atoms with E-state index in [1.165, 1.54) is 0 Å². The van der Waals surface area contributed by atoms with Crippen LogP contribution in [0.15, 0.2) is 0 Å². The highest BCUT2D eigenvalue weighted by Crippen LogP contribution is 2.27. The fraction of sp³-hybridized carbons (Fsp3) is 1.00. The summed E-state index contributed by atoms with van der Waals surface area (Å²) in [6, 6.07) is -0.315. The molecular formula is C8H15BO3. The molecule has 0 N–H and O–H groups in total. The number of hydrogen-bond acceptors (Lipinski definition) is 3. The van der Waals surface area contributed by atoms with Gasteiger partial charge < -0.3 is 14.2 Å². The highest BCUT2D eigenvalue weighted by molar-refractivity contribution is 6.11. The molecule has 12 heavy (non-hydrogen) atoms. The minimum Gasteiger partial charge on any atom is -0.382 e. The molecule has 1 fully saturated rings. The van der Waals surface area contributed by atoms with Crippen LogP contribution in [0.3, 0.4) is 0 Å². The summed E-state index contributed by atoms with van der Waals surface area (Å²) in [4.78, 5) is 0. The van der Waals surface area contributed by atoms with Gasteiger partial charge in [0.15, 0.2) is 0 Å². The van der Waals surface area contributed by atoms with E-state index in [1.54, 1.807) is 14.2 Å². The maximum atomic E-state index is 5.70. The van der Waals surface area contributed by atoms with Crippen LogP contribution >= 0.6 is 0 Å². The van der Waals surface area contributed by atoms with Gasteiger partial charge in [-0.3, -0.25) is 0 Å². The Kier molecular flexibility index (Phi) is 3.56. The lowest BCUT2D eigenvalue weighted by Gasteiger charge is -2.17. The molecular weight excluding hydrogens is 155 g/mol. The zero-order valence-electron chi connectivity index (χ0n) is 7.82. The van der Waals surface area contributed by atoms with Crippen molar-refractivity contribution in [1.82, 2.24) is 0 Å². The molecule has 0 amide bonds. The fourth-order valence-electron chi connectivity index (χ4n) is 1.62. The normalized spacial score (nSPS) is 41.9. The van der Waals surface area contributed by atoms with Crippen LogP contribution in [0.4, 0.5) is 0 Å². The summed E-state index contributed by atoms with van der Waals surface area (Å²) in [6.45, 7) is 2.64. The summed E-state index contributed by atoms with van der Waals surface area (Å²) in [5.41, 5.74) is 0. The third-order valence-electron chi connectivity index (χ3n) is 2.36. The Morgan fingerprint density at radius 1 is 1.42 bits per heavy atom. The number of rotatable bonds is 3. The Bertz CT molecular complexity index is 142. The lowest BCUT2D eigenvalue weighted by atomic mass is 9.89. The van der Waals surface area contributed by atoms with Gasteiger partial charge in [0.1, 0.15) is 7.85 Å². The van der Waals surface area contributed by atoms with Gasteiger partial charge in [0, 0.05) is 26.1 Å². The Morgan fingerprint density at radius 3 is 2.50 bits per heavy atom. The second kappa shape index (κ2) is 4.26. The molecule has 3 nitrogen and oxygen atoms in total. The van der Waals surface area contributed by atoms with Gasteiger partial charge in [-0.2, -0.15) is 0 Å². The molecule has 0 aliphatic carbocycles. The summed E-state index contributed by atoms with van der Waals surface area (Å²) < 4.78 is 15.7. The van der Waals surface area contributed by atoms with Gasteiger partial charge in [0.2, 0.25) is 0 Å². The van der Waals surface area contributed by atoms with Crippen molar-refractivity contribution >= 4 is 7.85 Å². The van der Waals surface area contributed by atoms with Gasteiger partial charge in [-0.15, -0.1) is 0 Å².